The van der Waals surface area contributed by atoms with Crippen LogP contribution in [-0.2, 0) is 0 Å². The van der Waals surface area contributed by atoms with Crippen LogP contribution < -0.4 is 5.32 Å². The Labute approximate surface area is 160 Å². The summed E-state index contributed by atoms with van der Waals surface area (Å²) in [6, 6.07) is 10.1. The number of likely N-dealkylation sites (tertiary alicyclic amines) is 1. The Bertz CT molecular complexity index is 823. The van der Waals surface area contributed by atoms with Crippen LogP contribution >= 0.6 is 11.8 Å². The number of carbonyl (C=O) groups is 1. The highest BCUT2D eigenvalue weighted by Gasteiger charge is 2.19. The first kappa shape index (κ1) is 19.3. The van der Waals surface area contributed by atoms with Gasteiger partial charge in [0.1, 0.15) is 5.82 Å². The summed E-state index contributed by atoms with van der Waals surface area (Å²) in [7, 11) is 0. The van der Waals surface area contributed by atoms with Gasteiger partial charge in [0.15, 0.2) is 0 Å². The molecule has 0 aliphatic carbocycles. The van der Waals surface area contributed by atoms with Crippen LogP contribution in [0.3, 0.4) is 0 Å². The lowest BCUT2D eigenvalue weighted by Gasteiger charge is -2.14. The number of halogens is 1. The average Bonchev–Trinajstić information content (AvgIpc) is 3.17. The van der Waals surface area contributed by atoms with E-state index >= 15 is 0 Å². The maximum atomic E-state index is 13.0. The van der Waals surface area contributed by atoms with Gasteiger partial charge in [-0.05, 0) is 62.3 Å². The zero-order valence-corrected chi connectivity index (χ0v) is 15.5. The zero-order chi connectivity index (χ0) is 19.2. The van der Waals surface area contributed by atoms with Crippen LogP contribution in [0.2, 0.25) is 0 Å². The summed E-state index contributed by atoms with van der Waals surface area (Å²) in [4.78, 5) is 26.6. The number of hydrogen-bond donors (Lipinski definition) is 1. The molecule has 1 N–H and O–H groups in total. The van der Waals surface area contributed by atoms with Crippen molar-refractivity contribution < 1.29 is 14.1 Å². The molecular weight excluding hydrogens is 369 g/mol. The maximum absolute atomic E-state index is 13.0. The second-order valence-corrected chi connectivity index (χ2v) is 7.42. The van der Waals surface area contributed by atoms with Crippen LogP contribution in [0, 0.1) is 15.9 Å². The third-order valence-electron chi connectivity index (χ3n) is 4.37. The van der Waals surface area contributed by atoms with Crippen LogP contribution in [0.4, 0.5) is 10.1 Å². The molecule has 8 heteroatoms. The fourth-order valence-electron chi connectivity index (χ4n) is 2.95. The first-order valence-corrected chi connectivity index (χ1v) is 9.57. The normalized spacial score (nSPS) is 14.3. The third-order valence-corrected chi connectivity index (χ3v) is 5.44. The summed E-state index contributed by atoms with van der Waals surface area (Å²) in [6.45, 7) is 3.40. The quantitative estimate of drug-likeness (QED) is 0.577. The Morgan fingerprint density at radius 1 is 1.19 bits per heavy atom. The molecule has 1 amide bonds. The van der Waals surface area contributed by atoms with E-state index in [0.717, 1.165) is 31.4 Å². The molecule has 1 aliphatic heterocycles. The highest BCUT2D eigenvalue weighted by atomic mass is 32.2. The van der Waals surface area contributed by atoms with Crippen molar-refractivity contribution in [1.82, 2.24) is 10.2 Å². The molecule has 2 aromatic rings. The van der Waals surface area contributed by atoms with E-state index in [-0.39, 0.29) is 23.0 Å². The van der Waals surface area contributed by atoms with Crippen molar-refractivity contribution in [3.05, 3.63) is 64.0 Å². The fraction of sp³-hybridized carbons (Fsp3) is 0.316. The van der Waals surface area contributed by atoms with Gasteiger partial charge in [0.25, 0.3) is 11.6 Å². The topological polar surface area (TPSA) is 75.5 Å². The first-order valence-electron chi connectivity index (χ1n) is 8.75. The van der Waals surface area contributed by atoms with Gasteiger partial charge in [-0.15, -0.1) is 0 Å². The molecule has 0 saturated carbocycles. The summed E-state index contributed by atoms with van der Waals surface area (Å²) < 4.78 is 13.0. The summed E-state index contributed by atoms with van der Waals surface area (Å²) in [6.07, 6.45) is 2.38. The molecule has 6 nitrogen and oxygen atoms in total. The lowest BCUT2D eigenvalue weighted by Crippen LogP contribution is -2.33. The number of benzene rings is 2. The first-order chi connectivity index (χ1) is 13.0. The van der Waals surface area contributed by atoms with Crippen molar-refractivity contribution >= 4 is 23.4 Å². The molecular formula is C19H20FN3O3S. The van der Waals surface area contributed by atoms with E-state index in [2.05, 4.69) is 10.2 Å². The van der Waals surface area contributed by atoms with Crippen LogP contribution in [0.15, 0.2) is 52.3 Å². The van der Waals surface area contributed by atoms with Gasteiger partial charge in [0.2, 0.25) is 0 Å². The Hall–Kier alpha value is -2.45. The summed E-state index contributed by atoms with van der Waals surface area (Å²) >= 11 is 1.16. The standard InChI is InChI=1S/C19H20FN3O3S/c20-15-4-6-16(7-5-15)27-18-8-3-14(13-17(18)23(25)26)19(24)21-9-12-22-10-1-2-11-22/h3-8,13H,1-2,9-12H2,(H,21,24). The lowest BCUT2D eigenvalue weighted by atomic mass is 10.2. The van der Waals surface area contributed by atoms with E-state index in [0.29, 0.717) is 16.3 Å². The predicted octanol–water partition coefficient (Wildman–Crippen LogP) is 3.71. The predicted molar refractivity (Wildman–Crippen MR) is 102 cm³/mol. The smallest absolute Gasteiger partial charge is 0.284 e. The number of hydrogen-bond acceptors (Lipinski definition) is 5. The molecule has 0 bridgehead atoms. The maximum Gasteiger partial charge on any atom is 0.284 e. The number of nitrogens with one attached hydrogen (secondary N) is 1. The van der Waals surface area contributed by atoms with E-state index in [1.54, 1.807) is 24.3 Å². The van der Waals surface area contributed by atoms with Crippen LogP contribution in [0.1, 0.15) is 23.2 Å². The Kier molecular flexibility index (Phi) is 6.41. The molecule has 142 valence electrons. The molecule has 27 heavy (non-hydrogen) atoms. The SMILES string of the molecule is O=C(NCCN1CCCC1)c1ccc(Sc2ccc(F)cc2)c([N+](=O)[O-])c1. The largest absolute Gasteiger partial charge is 0.351 e. The number of nitro groups is 1. The molecule has 0 aromatic heterocycles. The van der Waals surface area contributed by atoms with Crippen molar-refractivity contribution in [3.63, 3.8) is 0 Å². The summed E-state index contributed by atoms with van der Waals surface area (Å²) in [5, 5.41) is 14.2. The van der Waals surface area contributed by atoms with Crippen molar-refractivity contribution in [2.75, 3.05) is 26.2 Å². The highest BCUT2D eigenvalue weighted by Crippen LogP contribution is 2.35. The van der Waals surface area contributed by atoms with Gasteiger partial charge in [0.05, 0.1) is 9.82 Å². The van der Waals surface area contributed by atoms with E-state index in [9.17, 15) is 19.3 Å². The molecule has 0 radical (unpaired) electrons. The number of amides is 1. The molecule has 1 aliphatic rings. The average molecular weight is 389 g/mol. The van der Waals surface area contributed by atoms with Crippen LogP contribution in [0.5, 0.6) is 0 Å². The lowest BCUT2D eigenvalue weighted by molar-refractivity contribution is -0.387. The van der Waals surface area contributed by atoms with Gasteiger partial charge in [0, 0.05) is 29.6 Å². The van der Waals surface area contributed by atoms with Gasteiger partial charge in [-0.1, -0.05) is 11.8 Å². The van der Waals surface area contributed by atoms with Crippen molar-refractivity contribution in [2.24, 2.45) is 0 Å². The molecule has 0 unspecified atom stereocenters. The summed E-state index contributed by atoms with van der Waals surface area (Å²) in [5.41, 5.74) is 0.114. The Morgan fingerprint density at radius 3 is 2.56 bits per heavy atom. The van der Waals surface area contributed by atoms with Gasteiger partial charge in [-0.3, -0.25) is 14.9 Å². The minimum absolute atomic E-state index is 0.142. The number of carbonyl (C=O) groups excluding carboxylic acids is 1. The van der Waals surface area contributed by atoms with Crippen molar-refractivity contribution in [1.29, 1.82) is 0 Å². The zero-order valence-electron chi connectivity index (χ0n) is 14.7. The second kappa shape index (κ2) is 8.96. The van der Waals surface area contributed by atoms with Crippen LogP contribution in [0.25, 0.3) is 0 Å². The van der Waals surface area contributed by atoms with Gasteiger partial charge in [-0.25, -0.2) is 4.39 Å². The number of rotatable bonds is 7. The molecule has 1 fully saturated rings. The minimum atomic E-state index is -0.507. The summed E-state index contributed by atoms with van der Waals surface area (Å²) in [5.74, 6) is -0.689. The Morgan fingerprint density at radius 2 is 1.89 bits per heavy atom. The van der Waals surface area contributed by atoms with E-state index < -0.39 is 4.92 Å². The van der Waals surface area contributed by atoms with Gasteiger partial charge < -0.3 is 10.2 Å². The molecule has 0 spiro atoms. The minimum Gasteiger partial charge on any atom is -0.351 e. The molecule has 0 atom stereocenters. The Balaban J connectivity index is 1.67. The number of nitrogens with zero attached hydrogens (tertiary/aromatic N) is 2. The van der Waals surface area contributed by atoms with Gasteiger partial charge in [-0.2, -0.15) is 0 Å². The molecule has 2 aromatic carbocycles. The third kappa shape index (κ3) is 5.27. The van der Waals surface area contributed by atoms with Crippen LogP contribution in [-0.4, -0.2) is 41.9 Å². The van der Waals surface area contributed by atoms with E-state index in [1.165, 1.54) is 31.0 Å². The second-order valence-electron chi connectivity index (χ2n) is 6.30. The van der Waals surface area contributed by atoms with Crippen molar-refractivity contribution in [3.8, 4) is 0 Å². The highest BCUT2D eigenvalue weighted by molar-refractivity contribution is 7.99. The molecule has 1 saturated heterocycles. The number of nitro benzene ring substituents is 1. The van der Waals surface area contributed by atoms with E-state index in [1.807, 2.05) is 0 Å². The molecule has 1 heterocycles. The molecule has 3 rings (SSSR count). The monoisotopic (exact) mass is 389 g/mol. The van der Waals surface area contributed by atoms with Crippen molar-refractivity contribution in [2.45, 2.75) is 22.6 Å². The fourth-order valence-corrected chi connectivity index (χ4v) is 3.85. The van der Waals surface area contributed by atoms with Gasteiger partial charge >= 0.3 is 0 Å². The van der Waals surface area contributed by atoms with E-state index in [4.69, 9.17) is 0 Å².